The molecule has 1 heterocycles. The van der Waals surface area contributed by atoms with E-state index in [1.54, 1.807) is 12.0 Å². The SMILES string of the molecule is COCO[C@H]1[C@H]2[C@@H](F)C[C@@H]1C(=O)N2Cc1ccc(OC)cc1. The summed E-state index contributed by atoms with van der Waals surface area (Å²) in [6.45, 7) is 0.464. The summed E-state index contributed by atoms with van der Waals surface area (Å²) in [6.07, 6.45) is -1.21. The van der Waals surface area contributed by atoms with Gasteiger partial charge in [0.1, 0.15) is 18.7 Å². The van der Waals surface area contributed by atoms with Crippen LogP contribution >= 0.6 is 0 Å². The summed E-state index contributed by atoms with van der Waals surface area (Å²) >= 11 is 0. The van der Waals surface area contributed by atoms with Crippen LogP contribution in [0.5, 0.6) is 5.75 Å². The lowest BCUT2D eigenvalue weighted by Gasteiger charge is -2.29. The largest absolute Gasteiger partial charge is 0.497 e. The van der Waals surface area contributed by atoms with Crippen molar-refractivity contribution in [1.29, 1.82) is 0 Å². The number of alkyl halides is 1. The Bertz CT molecular complexity index is 535. The number of carbonyl (C=O) groups excluding carboxylic acids is 1. The van der Waals surface area contributed by atoms with Gasteiger partial charge in [0.2, 0.25) is 5.91 Å². The van der Waals surface area contributed by atoms with E-state index < -0.39 is 24.2 Å². The van der Waals surface area contributed by atoms with Crippen molar-refractivity contribution in [2.24, 2.45) is 5.92 Å². The van der Waals surface area contributed by atoms with Crippen LogP contribution in [0, 0.1) is 5.92 Å². The van der Waals surface area contributed by atoms with Gasteiger partial charge in [0.05, 0.1) is 25.2 Å². The molecule has 2 fully saturated rings. The highest BCUT2D eigenvalue weighted by Gasteiger charge is 2.58. The third-order valence-corrected chi connectivity index (χ3v) is 4.43. The lowest BCUT2D eigenvalue weighted by molar-refractivity contribution is -0.136. The predicted molar refractivity (Wildman–Crippen MR) is 77.1 cm³/mol. The molecule has 0 spiro atoms. The molecule has 1 aromatic rings. The first-order valence-electron chi connectivity index (χ1n) is 7.33. The predicted octanol–water partition coefficient (Wildman–Crippen LogP) is 1.75. The van der Waals surface area contributed by atoms with Crippen molar-refractivity contribution in [1.82, 2.24) is 4.90 Å². The Morgan fingerprint density at radius 2 is 2.00 bits per heavy atom. The van der Waals surface area contributed by atoms with Crippen molar-refractivity contribution in [2.45, 2.75) is 31.3 Å². The Hall–Kier alpha value is -1.66. The number of piperidine rings is 1. The zero-order valence-corrected chi connectivity index (χ0v) is 12.7. The summed E-state index contributed by atoms with van der Waals surface area (Å²) in [5, 5.41) is 0. The molecule has 1 saturated carbocycles. The molecule has 3 rings (SSSR count). The molecule has 0 aromatic heterocycles. The van der Waals surface area contributed by atoms with Gasteiger partial charge in [-0.05, 0) is 24.1 Å². The first-order valence-corrected chi connectivity index (χ1v) is 7.33. The maximum absolute atomic E-state index is 14.2. The molecular formula is C16H20FNO4. The topological polar surface area (TPSA) is 48.0 Å². The van der Waals surface area contributed by atoms with Crippen molar-refractivity contribution in [3.63, 3.8) is 0 Å². The van der Waals surface area contributed by atoms with Crippen LogP contribution < -0.4 is 4.74 Å². The number of likely N-dealkylation sites (tertiary alicyclic amines) is 1. The second kappa shape index (κ2) is 6.22. The smallest absolute Gasteiger partial charge is 0.229 e. The second-order valence-corrected chi connectivity index (χ2v) is 5.70. The van der Waals surface area contributed by atoms with Crippen LogP contribution in [0.4, 0.5) is 4.39 Å². The number of amides is 1. The second-order valence-electron chi connectivity index (χ2n) is 5.70. The van der Waals surface area contributed by atoms with Gasteiger partial charge < -0.3 is 19.1 Å². The van der Waals surface area contributed by atoms with Crippen LogP contribution in [-0.2, 0) is 20.8 Å². The molecule has 1 saturated heterocycles. The average molecular weight is 309 g/mol. The minimum Gasteiger partial charge on any atom is -0.497 e. The summed E-state index contributed by atoms with van der Waals surface area (Å²) in [6, 6.07) is 6.92. The zero-order valence-electron chi connectivity index (χ0n) is 12.7. The van der Waals surface area contributed by atoms with Gasteiger partial charge in [-0.15, -0.1) is 0 Å². The van der Waals surface area contributed by atoms with E-state index in [0.717, 1.165) is 11.3 Å². The van der Waals surface area contributed by atoms with Gasteiger partial charge in [-0.2, -0.15) is 0 Å². The Kier molecular flexibility index (Phi) is 4.31. The lowest BCUT2D eigenvalue weighted by atomic mass is 10.1. The van der Waals surface area contributed by atoms with Crippen LogP contribution in [-0.4, -0.2) is 50.1 Å². The van der Waals surface area contributed by atoms with Gasteiger partial charge >= 0.3 is 0 Å². The summed E-state index contributed by atoms with van der Waals surface area (Å²) in [7, 11) is 3.12. The number of hydrogen-bond acceptors (Lipinski definition) is 4. The number of rotatable bonds is 6. The molecule has 1 aliphatic carbocycles. The maximum Gasteiger partial charge on any atom is 0.229 e. The fraction of sp³-hybridized carbons (Fsp3) is 0.562. The molecule has 2 aliphatic rings. The Labute approximate surface area is 128 Å². The molecule has 1 aromatic carbocycles. The summed E-state index contributed by atoms with van der Waals surface area (Å²) in [5.41, 5.74) is 0.944. The van der Waals surface area contributed by atoms with Gasteiger partial charge in [0, 0.05) is 13.7 Å². The molecule has 6 heteroatoms. The number of nitrogens with zero attached hydrogens (tertiary/aromatic N) is 1. The van der Waals surface area contributed by atoms with Gasteiger partial charge in [-0.25, -0.2) is 4.39 Å². The molecule has 2 bridgehead atoms. The number of hydrogen-bond donors (Lipinski definition) is 0. The van der Waals surface area contributed by atoms with Crippen LogP contribution in [0.3, 0.4) is 0 Å². The first kappa shape index (κ1) is 15.2. The summed E-state index contributed by atoms with van der Waals surface area (Å²) in [5.74, 6) is 0.326. The fourth-order valence-corrected chi connectivity index (χ4v) is 3.41. The third-order valence-electron chi connectivity index (χ3n) is 4.43. The van der Waals surface area contributed by atoms with E-state index in [0.29, 0.717) is 6.54 Å². The molecule has 1 aliphatic heterocycles. The minimum absolute atomic E-state index is 0.0316. The Morgan fingerprint density at radius 3 is 2.64 bits per heavy atom. The van der Waals surface area contributed by atoms with Gasteiger partial charge in [-0.1, -0.05) is 12.1 Å². The molecule has 120 valence electrons. The molecule has 0 N–H and O–H groups in total. The van der Waals surface area contributed by atoms with Crippen molar-refractivity contribution in [3.8, 4) is 5.75 Å². The standard InChI is InChI=1S/C16H20FNO4/c1-20-9-22-15-12-7-13(17)14(15)18(16(12)19)8-10-3-5-11(21-2)6-4-10/h3-6,12-15H,7-9H2,1-2H3/t12-,13-,14+,15+/m0/s1. The maximum atomic E-state index is 14.2. The van der Waals surface area contributed by atoms with Gasteiger partial charge in [0.25, 0.3) is 0 Å². The van der Waals surface area contributed by atoms with E-state index in [9.17, 15) is 9.18 Å². The highest BCUT2D eigenvalue weighted by molar-refractivity contribution is 5.84. The van der Waals surface area contributed by atoms with Crippen molar-refractivity contribution < 1.29 is 23.4 Å². The van der Waals surface area contributed by atoms with E-state index in [-0.39, 0.29) is 19.1 Å². The molecule has 5 nitrogen and oxygen atoms in total. The number of fused-ring (bicyclic) bond motifs is 2. The highest BCUT2D eigenvalue weighted by Crippen LogP contribution is 2.43. The number of methoxy groups -OCH3 is 2. The zero-order chi connectivity index (χ0) is 15.7. The van der Waals surface area contributed by atoms with Gasteiger partial charge in [-0.3, -0.25) is 4.79 Å². The highest BCUT2D eigenvalue weighted by atomic mass is 19.1. The average Bonchev–Trinajstić information content (AvgIpc) is 2.98. The molecule has 4 atom stereocenters. The Morgan fingerprint density at radius 1 is 1.27 bits per heavy atom. The molecule has 0 unspecified atom stereocenters. The van der Waals surface area contributed by atoms with Crippen LogP contribution in [0.25, 0.3) is 0 Å². The molecule has 22 heavy (non-hydrogen) atoms. The van der Waals surface area contributed by atoms with E-state index in [2.05, 4.69) is 0 Å². The summed E-state index contributed by atoms with van der Waals surface area (Å²) < 4.78 is 29.7. The van der Waals surface area contributed by atoms with Crippen LogP contribution in [0.15, 0.2) is 24.3 Å². The molecule has 0 radical (unpaired) electrons. The summed E-state index contributed by atoms with van der Waals surface area (Å²) in [4.78, 5) is 14.0. The van der Waals surface area contributed by atoms with Crippen LogP contribution in [0.2, 0.25) is 0 Å². The quantitative estimate of drug-likeness (QED) is 0.751. The fourth-order valence-electron chi connectivity index (χ4n) is 3.41. The Balaban J connectivity index is 1.74. The van der Waals surface area contributed by atoms with Crippen molar-refractivity contribution in [3.05, 3.63) is 29.8 Å². The number of carbonyl (C=O) groups is 1. The number of benzene rings is 1. The normalized spacial score (nSPS) is 30.1. The lowest BCUT2D eigenvalue weighted by Crippen LogP contribution is -2.44. The van der Waals surface area contributed by atoms with E-state index in [1.165, 1.54) is 7.11 Å². The first-order chi connectivity index (χ1) is 10.7. The van der Waals surface area contributed by atoms with Gasteiger partial charge in [0.15, 0.2) is 0 Å². The van der Waals surface area contributed by atoms with E-state index >= 15 is 0 Å². The molecule has 1 amide bonds. The third kappa shape index (κ3) is 2.57. The number of ether oxygens (including phenoxy) is 3. The van der Waals surface area contributed by atoms with E-state index in [1.807, 2.05) is 24.3 Å². The monoisotopic (exact) mass is 309 g/mol. The van der Waals surface area contributed by atoms with Crippen molar-refractivity contribution >= 4 is 5.91 Å². The van der Waals surface area contributed by atoms with Crippen LogP contribution in [0.1, 0.15) is 12.0 Å². The number of halogens is 1. The van der Waals surface area contributed by atoms with Crippen molar-refractivity contribution in [2.75, 3.05) is 21.0 Å². The minimum atomic E-state index is -1.04. The molecular weight excluding hydrogens is 289 g/mol. The van der Waals surface area contributed by atoms with E-state index in [4.69, 9.17) is 14.2 Å².